The Balaban J connectivity index is 0.943. The molecule has 0 amide bonds. The highest BCUT2D eigenvalue weighted by Gasteiger charge is 2.35. The van der Waals surface area contributed by atoms with Crippen molar-refractivity contribution >= 4 is 33.0 Å². The minimum Gasteiger partial charge on any atom is -0.309 e. The van der Waals surface area contributed by atoms with Crippen molar-refractivity contribution in [3.05, 3.63) is 245 Å². The van der Waals surface area contributed by atoms with E-state index in [0.29, 0.717) is 5.92 Å². The molecule has 60 heavy (non-hydrogen) atoms. The Hall–Kier alpha value is -7.22. The van der Waals surface area contributed by atoms with Gasteiger partial charge in [0, 0.05) is 27.8 Å². The molecule has 0 saturated carbocycles. The van der Waals surface area contributed by atoms with Gasteiger partial charge < -0.3 is 4.57 Å². The van der Waals surface area contributed by atoms with Gasteiger partial charge in [-0.2, -0.15) is 0 Å². The quantitative estimate of drug-likeness (QED) is 0.164. The van der Waals surface area contributed by atoms with Gasteiger partial charge in [0.2, 0.25) is 0 Å². The number of aromatic nitrogens is 1. The molecule has 3 aliphatic rings. The third kappa shape index (κ3) is 5.25. The van der Waals surface area contributed by atoms with Gasteiger partial charge in [0.25, 0.3) is 0 Å². The van der Waals surface area contributed by atoms with Crippen LogP contribution in [0.3, 0.4) is 0 Å². The van der Waals surface area contributed by atoms with Crippen molar-refractivity contribution in [1.82, 2.24) is 4.57 Å². The van der Waals surface area contributed by atoms with Gasteiger partial charge in [0.1, 0.15) is 0 Å². The van der Waals surface area contributed by atoms with Crippen LogP contribution < -0.4 is 10.4 Å². The van der Waals surface area contributed by atoms with Crippen molar-refractivity contribution in [2.24, 2.45) is 5.92 Å². The normalized spacial score (nSPS) is 16.0. The molecule has 8 aromatic carbocycles. The van der Waals surface area contributed by atoms with Crippen LogP contribution in [0.25, 0.3) is 72.0 Å². The molecular weight excluding hydrogens is 723 g/mol. The Bertz CT molecular complexity index is 3410. The van der Waals surface area contributed by atoms with Gasteiger partial charge in [-0.3, -0.25) is 0 Å². The number of benzene rings is 8. The van der Waals surface area contributed by atoms with Crippen molar-refractivity contribution < 1.29 is 0 Å². The van der Waals surface area contributed by atoms with E-state index in [1.165, 1.54) is 105 Å². The molecule has 0 fully saturated rings. The van der Waals surface area contributed by atoms with Crippen molar-refractivity contribution in [2.75, 3.05) is 0 Å². The van der Waals surface area contributed by atoms with Gasteiger partial charge in [0.15, 0.2) is 0 Å². The van der Waals surface area contributed by atoms with Crippen molar-refractivity contribution in [3.8, 4) is 39.1 Å². The Morgan fingerprint density at radius 3 is 1.95 bits per heavy atom. The Morgan fingerprint density at radius 2 is 1.10 bits per heavy atom. The molecule has 0 N–H and O–H groups in total. The number of para-hydroxylation sites is 1. The lowest BCUT2D eigenvalue weighted by atomic mass is 9.72. The van der Waals surface area contributed by atoms with E-state index in [4.69, 9.17) is 0 Å². The lowest BCUT2D eigenvalue weighted by Gasteiger charge is -2.31. The monoisotopic (exact) mass is 765 g/mol. The first kappa shape index (κ1) is 34.8. The minimum atomic E-state index is -0.0296. The topological polar surface area (TPSA) is 4.93 Å². The van der Waals surface area contributed by atoms with E-state index >= 15 is 0 Å². The van der Waals surface area contributed by atoms with Gasteiger partial charge in [-0.05, 0) is 132 Å². The molecule has 12 rings (SSSR count). The Kier molecular flexibility index (Phi) is 7.78. The van der Waals surface area contributed by atoms with Crippen LogP contribution in [0, 0.1) is 5.92 Å². The SMILES string of the molecule is CC1(C)c2ccccc2-c2ccc(-c3cccc(-c4ccc5c(c4)c4ccccc4n5-c4ccc(C5=c6ccccc6=C(c6ccccc6)C6CC=CC=C56)cc4)c3)cc21. The Morgan fingerprint density at radius 1 is 0.467 bits per heavy atom. The molecule has 1 nitrogen and oxygen atoms in total. The summed E-state index contributed by atoms with van der Waals surface area (Å²) in [4.78, 5) is 0. The van der Waals surface area contributed by atoms with E-state index in [2.05, 4.69) is 225 Å². The van der Waals surface area contributed by atoms with Gasteiger partial charge in [0.05, 0.1) is 11.0 Å². The van der Waals surface area contributed by atoms with Gasteiger partial charge in [-0.25, -0.2) is 0 Å². The maximum Gasteiger partial charge on any atom is 0.0541 e. The molecule has 0 saturated heterocycles. The predicted molar refractivity (Wildman–Crippen MR) is 252 cm³/mol. The predicted octanol–water partition coefficient (Wildman–Crippen LogP) is 13.3. The van der Waals surface area contributed by atoms with Crippen LogP contribution in [0.2, 0.25) is 0 Å². The number of hydrogen-bond donors (Lipinski definition) is 0. The molecule has 0 bridgehead atoms. The molecule has 0 radical (unpaired) electrons. The molecule has 0 spiro atoms. The second kappa shape index (κ2) is 13.4. The molecule has 3 aliphatic carbocycles. The number of allylic oxidation sites excluding steroid dienone is 4. The molecule has 9 aromatic rings. The standard InChI is InChI=1S/C59H43N/c1-59(2)53-25-12-10-19-45(53)46-33-29-43(37-54(46)59)41-18-14-17-40(35-41)42-30-34-56-52(36-42)47-20-11-13-26-55(47)60(56)44-31-27-39(28-32-44)58-50-23-8-6-21-48(50)57(38-15-4-3-5-16-38)49-22-7-9-24-51(49)58/h3-21,23-37,49H,22H2,1-2H3. The molecule has 1 heterocycles. The van der Waals surface area contributed by atoms with Crippen LogP contribution in [0.15, 0.2) is 212 Å². The zero-order chi connectivity index (χ0) is 40.0. The highest BCUT2D eigenvalue weighted by molar-refractivity contribution is 6.10. The number of rotatable bonds is 5. The summed E-state index contributed by atoms with van der Waals surface area (Å²) in [5.74, 6) is 0.313. The number of hydrogen-bond acceptors (Lipinski definition) is 0. The fraction of sp³-hybridized carbons (Fsp3) is 0.0847. The Labute approximate surface area is 351 Å². The summed E-state index contributed by atoms with van der Waals surface area (Å²) in [6, 6.07) is 70.1. The smallest absolute Gasteiger partial charge is 0.0541 e. The fourth-order valence-electron chi connectivity index (χ4n) is 10.7. The summed E-state index contributed by atoms with van der Waals surface area (Å²) in [7, 11) is 0. The summed E-state index contributed by atoms with van der Waals surface area (Å²) >= 11 is 0. The van der Waals surface area contributed by atoms with E-state index in [1.807, 2.05) is 0 Å². The zero-order valence-corrected chi connectivity index (χ0v) is 33.9. The molecule has 1 heteroatoms. The summed E-state index contributed by atoms with van der Waals surface area (Å²) in [5.41, 5.74) is 20.8. The second-order valence-electron chi connectivity index (χ2n) is 17.2. The van der Waals surface area contributed by atoms with E-state index < -0.39 is 0 Å². The molecule has 284 valence electrons. The molecule has 0 aliphatic heterocycles. The first-order valence-electron chi connectivity index (χ1n) is 21.3. The maximum atomic E-state index is 2.44. The lowest BCUT2D eigenvalue weighted by molar-refractivity contribution is 0.660. The number of nitrogens with zero attached hydrogens (tertiary/aromatic N) is 1. The molecule has 1 atom stereocenters. The van der Waals surface area contributed by atoms with Gasteiger partial charge >= 0.3 is 0 Å². The lowest BCUT2D eigenvalue weighted by Crippen LogP contribution is -2.37. The van der Waals surface area contributed by atoms with E-state index in [0.717, 1.165) is 12.1 Å². The maximum absolute atomic E-state index is 2.44. The first-order chi connectivity index (χ1) is 29.5. The van der Waals surface area contributed by atoms with Crippen LogP contribution in [0.5, 0.6) is 0 Å². The zero-order valence-electron chi connectivity index (χ0n) is 33.9. The third-order valence-electron chi connectivity index (χ3n) is 13.6. The van der Waals surface area contributed by atoms with Gasteiger partial charge in [-0.15, -0.1) is 0 Å². The third-order valence-corrected chi connectivity index (χ3v) is 13.6. The average molecular weight is 766 g/mol. The minimum absolute atomic E-state index is 0.0296. The molecular formula is C59H43N. The largest absolute Gasteiger partial charge is 0.309 e. The highest BCUT2D eigenvalue weighted by atomic mass is 15.0. The van der Waals surface area contributed by atoms with E-state index in [9.17, 15) is 0 Å². The molecule has 1 aromatic heterocycles. The number of fused-ring (bicyclic) bond motifs is 8. The summed E-state index contributed by atoms with van der Waals surface area (Å²) in [5, 5.41) is 5.17. The molecule has 1 unspecified atom stereocenters. The summed E-state index contributed by atoms with van der Waals surface area (Å²) in [6.07, 6.45) is 7.92. The van der Waals surface area contributed by atoms with Crippen LogP contribution in [-0.4, -0.2) is 4.57 Å². The fourth-order valence-corrected chi connectivity index (χ4v) is 10.7. The average Bonchev–Trinajstić information content (AvgIpc) is 3.76. The summed E-state index contributed by atoms with van der Waals surface area (Å²) in [6.45, 7) is 4.71. The van der Waals surface area contributed by atoms with Gasteiger partial charge in [-0.1, -0.05) is 178 Å². The van der Waals surface area contributed by atoms with Crippen molar-refractivity contribution in [1.29, 1.82) is 0 Å². The van der Waals surface area contributed by atoms with E-state index in [1.54, 1.807) is 0 Å². The van der Waals surface area contributed by atoms with Crippen LogP contribution in [0.4, 0.5) is 0 Å². The van der Waals surface area contributed by atoms with E-state index in [-0.39, 0.29) is 5.41 Å². The van der Waals surface area contributed by atoms with Crippen molar-refractivity contribution in [3.63, 3.8) is 0 Å². The van der Waals surface area contributed by atoms with Crippen LogP contribution in [0.1, 0.15) is 42.5 Å². The van der Waals surface area contributed by atoms with Crippen LogP contribution in [-0.2, 0) is 5.41 Å². The first-order valence-corrected chi connectivity index (χ1v) is 21.3. The summed E-state index contributed by atoms with van der Waals surface area (Å²) < 4.78 is 2.44. The van der Waals surface area contributed by atoms with Crippen molar-refractivity contribution in [2.45, 2.75) is 25.7 Å². The second-order valence-corrected chi connectivity index (χ2v) is 17.2. The van der Waals surface area contributed by atoms with Crippen LogP contribution >= 0.6 is 0 Å². The highest BCUT2D eigenvalue weighted by Crippen LogP contribution is 2.50.